The summed E-state index contributed by atoms with van der Waals surface area (Å²) in [5, 5.41) is 10.1. The van der Waals surface area contributed by atoms with Crippen molar-refractivity contribution in [3.05, 3.63) is 0 Å². The summed E-state index contributed by atoms with van der Waals surface area (Å²) in [6.07, 6.45) is 9.22. The maximum Gasteiger partial charge on any atom is 0.225 e. The lowest BCUT2D eigenvalue weighted by Gasteiger charge is -2.42. The monoisotopic (exact) mass is 436 g/mol. The van der Waals surface area contributed by atoms with Crippen LogP contribution in [-0.4, -0.2) is 58.0 Å². The number of carbonyl (C=O) groups is 3. The molecule has 0 aromatic rings. The van der Waals surface area contributed by atoms with E-state index in [2.05, 4.69) is 20.9 Å². The molecule has 4 fully saturated rings. The summed E-state index contributed by atoms with van der Waals surface area (Å²) in [5.41, 5.74) is -0.00798. The van der Waals surface area contributed by atoms with Crippen LogP contribution in [0.1, 0.15) is 71.6 Å². The van der Waals surface area contributed by atoms with Crippen LogP contribution in [-0.2, 0) is 14.4 Å². The first-order chi connectivity index (χ1) is 14.4. The van der Waals surface area contributed by atoms with Gasteiger partial charge >= 0.3 is 0 Å². The van der Waals surface area contributed by atoms with Crippen molar-refractivity contribution < 1.29 is 14.4 Å². The molecule has 3 amide bonds. The molecule has 2 heterocycles. The lowest BCUT2D eigenvalue weighted by molar-refractivity contribution is -0.140. The smallest absolute Gasteiger partial charge is 0.225 e. The molecule has 0 bridgehead atoms. The van der Waals surface area contributed by atoms with Gasteiger partial charge < -0.3 is 15.5 Å². The van der Waals surface area contributed by atoms with E-state index in [-0.39, 0.29) is 29.3 Å². The van der Waals surface area contributed by atoms with Crippen molar-refractivity contribution in [3.8, 4) is 0 Å². The predicted octanol–water partition coefficient (Wildman–Crippen LogP) is 1.97. The molecular weight excluding hydrogens is 400 g/mol. The third-order valence-corrected chi connectivity index (χ3v) is 8.96. The largest absolute Gasteiger partial charge is 0.354 e. The summed E-state index contributed by atoms with van der Waals surface area (Å²) in [5.74, 6) is 0.974. The van der Waals surface area contributed by atoms with E-state index in [1.807, 2.05) is 11.8 Å². The van der Waals surface area contributed by atoms with Crippen molar-refractivity contribution in [3.63, 3.8) is 0 Å². The van der Waals surface area contributed by atoms with Gasteiger partial charge in [0.1, 0.15) is 5.50 Å². The Morgan fingerprint density at radius 3 is 2.30 bits per heavy atom. The van der Waals surface area contributed by atoms with E-state index in [4.69, 9.17) is 0 Å². The van der Waals surface area contributed by atoms with Crippen molar-refractivity contribution in [2.75, 3.05) is 6.54 Å². The molecule has 30 heavy (non-hydrogen) atoms. The topological polar surface area (TPSA) is 90.5 Å². The molecule has 8 heteroatoms. The number of nitrogens with zero attached hydrogens (tertiary/aromatic N) is 1. The van der Waals surface area contributed by atoms with E-state index >= 15 is 0 Å². The van der Waals surface area contributed by atoms with Gasteiger partial charge in [0.05, 0.1) is 0 Å². The number of fused-ring (bicyclic) bond motifs is 3. The number of amides is 3. The Hall–Kier alpha value is -1.28. The summed E-state index contributed by atoms with van der Waals surface area (Å²) >= 11 is 1.86. The molecule has 0 aromatic carbocycles. The minimum absolute atomic E-state index is 0.00308. The highest BCUT2D eigenvalue weighted by atomic mass is 32.2. The van der Waals surface area contributed by atoms with Crippen LogP contribution in [0.2, 0.25) is 0 Å². The lowest BCUT2D eigenvalue weighted by Crippen LogP contribution is -2.50. The number of likely N-dealkylation sites (tertiary alicyclic amines) is 1. The average Bonchev–Trinajstić information content (AvgIpc) is 3.03. The second kappa shape index (κ2) is 9.47. The fourth-order valence-electron chi connectivity index (χ4n) is 6.12. The first kappa shape index (κ1) is 21.9. The molecule has 3 N–H and O–H groups in total. The Morgan fingerprint density at radius 1 is 0.900 bits per heavy atom. The summed E-state index contributed by atoms with van der Waals surface area (Å²) in [4.78, 5) is 38.7. The van der Waals surface area contributed by atoms with E-state index in [0.717, 1.165) is 45.1 Å². The summed E-state index contributed by atoms with van der Waals surface area (Å²) in [6, 6.07) is 0.911. The van der Waals surface area contributed by atoms with Gasteiger partial charge in [-0.1, -0.05) is 12.8 Å². The first-order valence-electron chi connectivity index (χ1n) is 11.7. The summed E-state index contributed by atoms with van der Waals surface area (Å²) in [7, 11) is 0. The standard InChI is InChI=1S/C22H36N4O3S/c1-13(27)23-16-9-7-15(8-10-16)21(29)26-12-11-18-20(17-5-3-4-6-19(17)26)30-22(25-18)24-14(2)28/h15-20,22,25H,3-12H2,1-2H3,(H,23,27)(H,24,28). The quantitative estimate of drug-likeness (QED) is 0.629. The van der Waals surface area contributed by atoms with E-state index in [1.165, 1.54) is 19.3 Å². The predicted molar refractivity (Wildman–Crippen MR) is 118 cm³/mol. The molecule has 0 aromatic heterocycles. The number of hydrogen-bond donors (Lipinski definition) is 3. The maximum absolute atomic E-state index is 13.6. The fraction of sp³-hybridized carbons (Fsp3) is 0.864. The van der Waals surface area contributed by atoms with E-state index in [9.17, 15) is 14.4 Å². The highest BCUT2D eigenvalue weighted by Gasteiger charge is 2.48. The van der Waals surface area contributed by atoms with Crippen molar-refractivity contribution in [2.24, 2.45) is 11.8 Å². The molecule has 168 valence electrons. The molecule has 5 atom stereocenters. The molecule has 7 nitrogen and oxygen atoms in total. The van der Waals surface area contributed by atoms with Gasteiger partial charge in [-0.2, -0.15) is 0 Å². The van der Waals surface area contributed by atoms with E-state index in [1.54, 1.807) is 13.8 Å². The van der Waals surface area contributed by atoms with E-state index in [0.29, 0.717) is 29.2 Å². The summed E-state index contributed by atoms with van der Waals surface area (Å²) in [6.45, 7) is 3.95. The van der Waals surface area contributed by atoms with Gasteiger partial charge in [0.15, 0.2) is 0 Å². The van der Waals surface area contributed by atoms with Gasteiger partial charge in [-0.15, -0.1) is 11.8 Å². The van der Waals surface area contributed by atoms with Gasteiger partial charge in [0.25, 0.3) is 0 Å². The van der Waals surface area contributed by atoms with Crippen LogP contribution >= 0.6 is 11.8 Å². The van der Waals surface area contributed by atoms with Crippen molar-refractivity contribution in [1.29, 1.82) is 0 Å². The minimum atomic E-state index is -0.00798. The zero-order chi connectivity index (χ0) is 21.3. The normalized spacial score (nSPS) is 38.7. The molecule has 4 rings (SSSR count). The zero-order valence-electron chi connectivity index (χ0n) is 18.2. The zero-order valence-corrected chi connectivity index (χ0v) is 19.0. The van der Waals surface area contributed by atoms with Crippen LogP contribution in [0, 0.1) is 11.8 Å². The fourth-order valence-corrected chi connectivity index (χ4v) is 7.85. The van der Waals surface area contributed by atoms with Gasteiger partial charge in [-0.3, -0.25) is 19.7 Å². The van der Waals surface area contributed by atoms with Crippen LogP contribution in [0.3, 0.4) is 0 Å². The molecule has 0 spiro atoms. The average molecular weight is 437 g/mol. The second-order valence-electron chi connectivity index (χ2n) is 9.54. The molecule has 2 aliphatic carbocycles. The number of hydrogen-bond acceptors (Lipinski definition) is 5. The van der Waals surface area contributed by atoms with Gasteiger partial charge in [-0.25, -0.2) is 0 Å². The molecule has 0 radical (unpaired) electrons. The van der Waals surface area contributed by atoms with Crippen LogP contribution in [0.25, 0.3) is 0 Å². The molecule has 2 saturated carbocycles. The number of thioether (sulfide) groups is 1. The lowest BCUT2D eigenvalue weighted by atomic mass is 9.79. The molecular formula is C22H36N4O3S. The van der Waals surface area contributed by atoms with Crippen molar-refractivity contribution in [1.82, 2.24) is 20.9 Å². The highest BCUT2D eigenvalue weighted by molar-refractivity contribution is 8.00. The Balaban J connectivity index is 1.42. The van der Waals surface area contributed by atoms with Crippen LogP contribution < -0.4 is 16.0 Å². The van der Waals surface area contributed by atoms with Gasteiger partial charge in [0.2, 0.25) is 17.7 Å². The second-order valence-corrected chi connectivity index (χ2v) is 10.8. The highest BCUT2D eigenvalue weighted by Crippen LogP contribution is 2.44. The molecule has 2 saturated heterocycles. The third-order valence-electron chi connectivity index (χ3n) is 7.44. The minimum Gasteiger partial charge on any atom is -0.354 e. The van der Waals surface area contributed by atoms with Crippen molar-refractivity contribution >= 4 is 29.5 Å². The molecule has 2 aliphatic heterocycles. The first-order valence-corrected chi connectivity index (χ1v) is 12.6. The number of carbonyl (C=O) groups excluding carboxylic acids is 3. The van der Waals surface area contributed by atoms with Crippen LogP contribution in [0.15, 0.2) is 0 Å². The maximum atomic E-state index is 13.6. The SMILES string of the molecule is CC(=O)NC1CCC(C(=O)N2CCC3NC(NC(C)=O)SC3C3CCCCC32)CC1. The van der Waals surface area contributed by atoms with E-state index < -0.39 is 0 Å². The summed E-state index contributed by atoms with van der Waals surface area (Å²) < 4.78 is 0. The van der Waals surface area contributed by atoms with Crippen LogP contribution in [0.4, 0.5) is 0 Å². The Kier molecular flexibility index (Phi) is 6.92. The van der Waals surface area contributed by atoms with Crippen molar-refractivity contribution in [2.45, 2.75) is 101 Å². The van der Waals surface area contributed by atoms with Gasteiger partial charge in [-0.05, 0) is 50.9 Å². The Morgan fingerprint density at radius 2 is 1.60 bits per heavy atom. The van der Waals surface area contributed by atoms with Crippen LogP contribution in [0.5, 0.6) is 0 Å². The Labute approximate surface area is 183 Å². The van der Waals surface area contributed by atoms with Gasteiger partial charge in [0, 0.05) is 49.7 Å². The molecule has 4 aliphatic rings. The third kappa shape index (κ3) is 4.79. The number of nitrogens with one attached hydrogen (secondary N) is 3. The number of rotatable bonds is 3. The Bertz CT molecular complexity index is 667. The molecule has 5 unspecified atom stereocenters.